The van der Waals surface area contributed by atoms with Gasteiger partial charge < -0.3 is 14.7 Å². The van der Waals surface area contributed by atoms with Crippen molar-refractivity contribution in [2.45, 2.75) is 69.1 Å². The first-order chi connectivity index (χ1) is 37.2. The summed E-state index contributed by atoms with van der Waals surface area (Å²) < 4.78 is 2.59. The van der Waals surface area contributed by atoms with Crippen LogP contribution < -0.4 is 47.5 Å². The second-order valence-corrected chi connectivity index (χ2v) is 23.9. The van der Waals surface area contributed by atoms with Crippen LogP contribution in [0.25, 0.3) is 20.2 Å². The first kappa shape index (κ1) is 46.8. The van der Waals surface area contributed by atoms with Gasteiger partial charge >= 0.3 is 0 Å². The average molecular weight is 1010 g/mol. The minimum Gasteiger partial charge on any atom is -0.311 e. The van der Waals surface area contributed by atoms with Crippen molar-refractivity contribution in [3.05, 3.63) is 235 Å². The number of thiophene rings is 1. The van der Waals surface area contributed by atoms with E-state index in [9.17, 15) is 0 Å². The van der Waals surface area contributed by atoms with Crippen molar-refractivity contribution >= 4 is 141 Å². The summed E-state index contributed by atoms with van der Waals surface area (Å²) in [4.78, 5) is 10.3. The minimum absolute atomic E-state index is 0.0517. The zero-order chi connectivity index (χ0) is 51.3. The van der Waals surface area contributed by atoms with E-state index in [4.69, 9.17) is 0 Å². The third-order valence-electron chi connectivity index (χ3n) is 16.2. The van der Waals surface area contributed by atoms with Crippen molar-refractivity contribution in [2.24, 2.45) is 0 Å². The van der Waals surface area contributed by atoms with E-state index in [1.165, 1.54) is 102 Å². The second-order valence-electron chi connectivity index (χ2n) is 21.8. The SMILES string of the molecule is CC(C)c1cc(C(C)C)c(B2c3ccccc3Sc3cc4c(cc32)B2c3ccccc3N(c3ccc5c(c3)sc3ccccc35)c3cc(N(c5ccccc5)c5ccccc5)cc(c32)N4c2ccccc2)c(C(C)C)c1. The Kier molecular flexibility index (Phi) is 11.4. The fraction of sp³-hybridized carbons (Fsp3) is 0.130. The highest BCUT2D eigenvalue weighted by Gasteiger charge is 2.46. The minimum atomic E-state index is -0.0676. The number of hydrogen-bond acceptors (Lipinski definition) is 5. The molecule has 7 heteroatoms. The Balaban J connectivity index is 1.09. The maximum Gasteiger partial charge on any atom is 0.252 e. The Labute approximate surface area is 456 Å². The lowest BCUT2D eigenvalue weighted by molar-refractivity contribution is 0.812. The molecule has 3 aliphatic rings. The fourth-order valence-corrected chi connectivity index (χ4v) is 15.1. The number of fused-ring (bicyclic) bond motifs is 9. The molecular formula is C69H57B2N3S2. The van der Waals surface area contributed by atoms with E-state index >= 15 is 0 Å². The lowest BCUT2D eigenvalue weighted by Gasteiger charge is -2.45. The quantitative estimate of drug-likeness (QED) is 0.133. The van der Waals surface area contributed by atoms with Crippen LogP contribution in [-0.4, -0.2) is 13.4 Å². The highest BCUT2D eigenvalue weighted by atomic mass is 32.2. The topological polar surface area (TPSA) is 9.72 Å². The summed E-state index contributed by atoms with van der Waals surface area (Å²) >= 11 is 3.82. The third-order valence-corrected chi connectivity index (χ3v) is 18.5. The van der Waals surface area contributed by atoms with E-state index in [1.54, 1.807) is 0 Å². The van der Waals surface area contributed by atoms with Gasteiger partial charge in [0.25, 0.3) is 6.71 Å². The Hall–Kier alpha value is -7.70. The van der Waals surface area contributed by atoms with Gasteiger partial charge in [-0.25, -0.2) is 0 Å². The van der Waals surface area contributed by atoms with Gasteiger partial charge in [-0.3, -0.25) is 0 Å². The molecule has 0 atom stereocenters. The second kappa shape index (κ2) is 18.5. The molecule has 366 valence electrons. The molecule has 14 rings (SSSR count). The Morgan fingerprint density at radius 2 is 0.934 bits per heavy atom. The summed E-state index contributed by atoms with van der Waals surface area (Å²) in [7, 11) is 0. The van der Waals surface area contributed by atoms with Crippen LogP contribution in [0, 0.1) is 0 Å². The van der Waals surface area contributed by atoms with Crippen molar-refractivity contribution in [3.8, 4) is 0 Å². The van der Waals surface area contributed by atoms with Crippen LogP contribution in [0.2, 0.25) is 0 Å². The summed E-state index contributed by atoms with van der Waals surface area (Å²) in [6, 6.07) is 82.7. The first-order valence-electron chi connectivity index (χ1n) is 27.1. The fourth-order valence-electron chi connectivity index (χ4n) is 12.8. The van der Waals surface area contributed by atoms with Crippen LogP contribution in [-0.2, 0) is 0 Å². The van der Waals surface area contributed by atoms with E-state index in [0.717, 1.165) is 28.4 Å². The smallest absolute Gasteiger partial charge is 0.252 e. The summed E-state index contributed by atoms with van der Waals surface area (Å²) in [6.45, 7) is 14.3. The van der Waals surface area contributed by atoms with Crippen LogP contribution in [0.1, 0.15) is 76.0 Å². The van der Waals surface area contributed by atoms with Gasteiger partial charge in [-0.05, 0) is 136 Å². The van der Waals surface area contributed by atoms with E-state index in [1.807, 2.05) is 23.1 Å². The largest absolute Gasteiger partial charge is 0.311 e. The lowest BCUT2D eigenvalue weighted by Crippen LogP contribution is -2.64. The first-order valence-corrected chi connectivity index (χ1v) is 28.7. The van der Waals surface area contributed by atoms with Gasteiger partial charge in [-0.2, -0.15) is 0 Å². The number of para-hydroxylation sites is 4. The van der Waals surface area contributed by atoms with Gasteiger partial charge in [-0.15, -0.1) is 11.3 Å². The molecule has 0 spiro atoms. The molecule has 0 radical (unpaired) electrons. The van der Waals surface area contributed by atoms with E-state index in [0.29, 0.717) is 17.8 Å². The van der Waals surface area contributed by atoms with E-state index < -0.39 is 0 Å². The zero-order valence-electron chi connectivity index (χ0n) is 43.8. The number of anilines is 9. The van der Waals surface area contributed by atoms with Gasteiger partial charge in [0, 0.05) is 75.5 Å². The molecule has 0 saturated heterocycles. The molecule has 10 aromatic carbocycles. The van der Waals surface area contributed by atoms with E-state index in [2.05, 4.69) is 275 Å². The van der Waals surface area contributed by atoms with Crippen LogP contribution in [0.5, 0.6) is 0 Å². The summed E-state index contributed by atoms with van der Waals surface area (Å²) in [5.74, 6) is 1.13. The molecule has 3 aliphatic heterocycles. The van der Waals surface area contributed by atoms with Crippen molar-refractivity contribution < 1.29 is 0 Å². The molecule has 11 aromatic rings. The molecule has 0 aliphatic carbocycles. The van der Waals surface area contributed by atoms with Crippen molar-refractivity contribution in [1.29, 1.82) is 0 Å². The molecular weight excluding hydrogens is 957 g/mol. The lowest BCUT2D eigenvalue weighted by atomic mass is 9.31. The molecule has 0 bridgehead atoms. The van der Waals surface area contributed by atoms with Crippen LogP contribution in [0.15, 0.2) is 228 Å². The summed E-state index contributed by atoms with van der Waals surface area (Å²) in [6.07, 6.45) is 0. The Morgan fingerprint density at radius 3 is 1.61 bits per heavy atom. The third kappa shape index (κ3) is 7.49. The predicted octanol–water partition coefficient (Wildman–Crippen LogP) is 16.0. The standard InChI is InChI=1S/C69H57B2N3S2/c1-43(2)46-36-54(44(3)4)68(55(37-46)45(5)6)71-57-30-18-21-33-65(57)76-67-42-61-58(41-59(67)71)70-56-29-17-19-31-60(56)74(50-34-35-53-52-28-16-20-32-64(52)75-66(53)40-50)63-39-51(38-62(69(63)70)73(61)49-26-14-9-15-27-49)72(47-22-10-7-11-23-47)48-24-12-8-13-25-48/h7-45H,1-6H3. The number of benzene rings is 10. The maximum absolute atomic E-state index is 2.67. The predicted molar refractivity (Wildman–Crippen MR) is 332 cm³/mol. The van der Waals surface area contributed by atoms with Gasteiger partial charge in [-0.1, -0.05) is 203 Å². The van der Waals surface area contributed by atoms with Crippen molar-refractivity contribution in [3.63, 3.8) is 0 Å². The molecule has 0 fully saturated rings. The summed E-state index contributed by atoms with van der Waals surface area (Å²) in [5.41, 5.74) is 23.0. The monoisotopic (exact) mass is 1010 g/mol. The normalized spacial score (nSPS) is 13.3. The molecule has 0 unspecified atom stereocenters. The van der Waals surface area contributed by atoms with Gasteiger partial charge in [0.05, 0.1) is 5.69 Å². The molecule has 1 aromatic heterocycles. The molecule has 0 saturated carbocycles. The number of nitrogens with zero attached hydrogens (tertiary/aromatic N) is 3. The molecule has 3 nitrogen and oxygen atoms in total. The highest BCUT2D eigenvalue weighted by Crippen LogP contribution is 2.50. The van der Waals surface area contributed by atoms with Gasteiger partial charge in [0.2, 0.25) is 6.71 Å². The number of rotatable bonds is 9. The van der Waals surface area contributed by atoms with Crippen molar-refractivity contribution in [1.82, 2.24) is 0 Å². The zero-order valence-corrected chi connectivity index (χ0v) is 45.5. The van der Waals surface area contributed by atoms with Crippen LogP contribution in [0.4, 0.5) is 51.2 Å². The van der Waals surface area contributed by atoms with Crippen molar-refractivity contribution in [2.75, 3.05) is 14.7 Å². The average Bonchev–Trinajstić information content (AvgIpc) is 3.82. The maximum atomic E-state index is 2.67. The molecule has 76 heavy (non-hydrogen) atoms. The van der Waals surface area contributed by atoms with Gasteiger partial charge in [0.1, 0.15) is 0 Å². The van der Waals surface area contributed by atoms with Crippen LogP contribution >= 0.6 is 23.1 Å². The highest BCUT2D eigenvalue weighted by molar-refractivity contribution is 8.00. The Bertz CT molecular complexity index is 3990. The summed E-state index contributed by atoms with van der Waals surface area (Å²) in [5, 5.41) is 2.61. The molecule has 4 heterocycles. The molecule has 0 N–H and O–H groups in total. The van der Waals surface area contributed by atoms with E-state index in [-0.39, 0.29) is 13.4 Å². The number of hydrogen-bond donors (Lipinski definition) is 0. The molecule has 0 amide bonds. The Morgan fingerprint density at radius 1 is 0.368 bits per heavy atom. The van der Waals surface area contributed by atoms with Gasteiger partial charge in [0.15, 0.2) is 0 Å². The van der Waals surface area contributed by atoms with Crippen LogP contribution in [0.3, 0.4) is 0 Å².